The first-order valence-corrected chi connectivity index (χ1v) is 11.4. The number of piperazine rings is 1. The third-order valence-corrected chi connectivity index (χ3v) is 6.39. The lowest BCUT2D eigenvalue weighted by Gasteiger charge is -2.38. The van der Waals surface area contributed by atoms with Gasteiger partial charge in [-0.25, -0.2) is 14.8 Å². The topological polar surface area (TPSA) is 58.6 Å². The average molecular weight is 433 g/mol. The van der Waals surface area contributed by atoms with Crippen LogP contribution >= 0.6 is 0 Å². The Kier molecular flexibility index (Phi) is 6.31. The van der Waals surface area contributed by atoms with E-state index in [0.29, 0.717) is 18.1 Å². The van der Waals surface area contributed by atoms with Gasteiger partial charge in [0.25, 0.3) is 0 Å². The van der Waals surface area contributed by atoms with Crippen molar-refractivity contribution in [1.29, 1.82) is 0 Å². The number of anilines is 2. The lowest BCUT2D eigenvalue weighted by molar-refractivity contribution is 0.0499. The number of benzene rings is 2. The summed E-state index contributed by atoms with van der Waals surface area (Å²) in [6, 6.07) is 10.5. The first kappa shape index (κ1) is 22.1. The van der Waals surface area contributed by atoms with Crippen LogP contribution in [0.2, 0.25) is 0 Å². The van der Waals surface area contributed by atoms with Crippen LogP contribution in [0.1, 0.15) is 46.1 Å². The molecule has 0 unspecified atom stereocenters. The van der Waals surface area contributed by atoms with Crippen molar-refractivity contribution in [2.45, 2.75) is 41.0 Å². The number of ether oxygens (including phenoxy) is 1. The van der Waals surface area contributed by atoms with Crippen molar-refractivity contribution < 1.29 is 9.53 Å². The minimum atomic E-state index is -0.397. The number of carbonyl (C=O) groups is 1. The van der Waals surface area contributed by atoms with Crippen molar-refractivity contribution in [2.75, 3.05) is 42.6 Å². The molecule has 0 saturated carbocycles. The number of rotatable bonds is 5. The Labute approximate surface area is 190 Å². The largest absolute Gasteiger partial charge is 0.461 e. The van der Waals surface area contributed by atoms with Gasteiger partial charge in [0.2, 0.25) is 0 Å². The molecule has 0 bridgehead atoms. The van der Waals surface area contributed by atoms with E-state index < -0.39 is 5.97 Å². The SMILES string of the molecule is CCCOC(=O)c1nc2cc(C)c(C)cc2nc1N1CCN(c2cccc(C)c2C)CC1. The van der Waals surface area contributed by atoms with Crippen LogP contribution in [-0.2, 0) is 4.74 Å². The first-order valence-electron chi connectivity index (χ1n) is 11.4. The molecular weight excluding hydrogens is 400 g/mol. The van der Waals surface area contributed by atoms with Crippen molar-refractivity contribution in [2.24, 2.45) is 0 Å². The summed E-state index contributed by atoms with van der Waals surface area (Å²) in [5, 5.41) is 0. The number of fused-ring (bicyclic) bond motifs is 1. The molecule has 0 aliphatic carbocycles. The van der Waals surface area contributed by atoms with Crippen LogP contribution in [0.25, 0.3) is 11.0 Å². The van der Waals surface area contributed by atoms with Gasteiger partial charge < -0.3 is 14.5 Å². The van der Waals surface area contributed by atoms with Gasteiger partial charge in [0, 0.05) is 31.9 Å². The summed E-state index contributed by atoms with van der Waals surface area (Å²) < 4.78 is 5.45. The van der Waals surface area contributed by atoms with E-state index in [0.717, 1.165) is 49.2 Å². The van der Waals surface area contributed by atoms with Gasteiger partial charge in [-0.05, 0) is 74.6 Å². The summed E-state index contributed by atoms with van der Waals surface area (Å²) in [7, 11) is 0. The average Bonchev–Trinajstić information content (AvgIpc) is 2.79. The maximum atomic E-state index is 12.9. The summed E-state index contributed by atoms with van der Waals surface area (Å²) in [4.78, 5) is 27.1. The molecule has 2 heterocycles. The van der Waals surface area contributed by atoms with E-state index in [2.05, 4.69) is 54.8 Å². The highest BCUT2D eigenvalue weighted by Gasteiger charge is 2.26. The maximum Gasteiger partial charge on any atom is 0.360 e. The lowest BCUT2D eigenvalue weighted by Crippen LogP contribution is -2.47. The Morgan fingerprint density at radius 1 is 0.906 bits per heavy atom. The molecule has 6 heteroatoms. The highest BCUT2D eigenvalue weighted by atomic mass is 16.5. The zero-order chi connectivity index (χ0) is 22.8. The van der Waals surface area contributed by atoms with E-state index in [-0.39, 0.29) is 0 Å². The lowest BCUT2D eigenvalue weighted by atomic mass is 10.1. The van der Waals surface area contributed by atoms with E-state index in [4.69, 9.17) is 14.7 Å². The van der Waals surface area contributed by atoms with Gasteiger partial charge >= 0.3 is 5.97 Å². The highest BCUT2D eigenvalue weighted by Crippen LogP contribution is 2.28. The van der Waals surface area contributed by atoms with Crippen LogP contribution in [0.4, 0.5) is 11.5 Å². The fourth-order valence-corrected chi connectivity index (χ4v) is 4.16. The monoisotopic (exact) mass is 432 g/mol. The first-order chi connectivity index (χ1) is 15.4. The van der Waals surface area contributed by atoms with E-state index in [1.54, 1.807) is 0 Å². The van der Waals surface area contributed by atoms with Gasteiger partial charge in [-0.1, -0.05) is 19.1 Å². The number of esters is 1. The smallest absolute Gasteiger partial charge is 0.360 e. The molecule has 168 valence electrons. The number of carbonyl (C=O) groups excluding carboxylic acids is 1. The van der Waals surface area contributed by atoms with Gasteiger partial charge in [-0.15, -0.1) is 0 Å². The second-order valence-electron chi connectivity index (χ2n) is 8.65. The molecule has 0 atom stereocenters. The molecule has 1 aliphatic rings. The third kappa shape index (κ3) is 4.27. The van der Waals surface area contributed by atoms with Crippen molar-refractivity contribution >= 4 is 28.5 Å². The Bertz CT molecular complexity index is 1150. The predicted molar refractivity (Wildman–Crippen MR) is 130 cm³/mol. The van der Waals surface area contributed by atoms with Crippen molar-refractivity contribution in [3.8, 4) is 0 Å². The number of aromatic nitrogens is 2. The molecule has 32 heavy (non-hydrogen) atoms. The number of aryl methyl sites for hydroxylation is 3. The summed E-state index contributed by atoms with van der Waals surface area (Å²) in [6.45, 7) is 14.1. The molecule has 0 N–H and O–H groups in total. The molecule has 1 saturated heterocycles. The molecule has 2 aromatic carbocycles. The van der Waals surface area contributed by atoms with E-state index >= 15 is 0 Å². The normalized spacial score (nSPS) is 14.2. The number of hydrogen-bond donors (Lipinski definition) is 0. The van der Waals surface area contributed by atoms with E-state index in [9.17, 15) is 4.79 Å². The van der Waals surface area contributed by atoms with Crippen LogP contribution in [0.5, 0.6) is 0 Å². The molecule has 0 radical (unpaired) electrons. The molecule has 1 aliphatic heterocycles. The Morgan fingerprint density at radius 2 is 1.53 bits per heavy atom. The van der Waals surface area contributed by atoms with Gasteiger partial charge in [0.1, 0.15) is 0 Å². The van der Waals surface area contributed by atoms with Crippen molar-refractivity contribution in [3.05, 3.63) is 58.3 Å². The van der Waals surface area contributed by atoms with Crippen LogP contribution < -0.4 is 9.80 Å². The van der Waals surface area contributed by atoms with Gasteiger partial charge in [0.15, 0.2) is 11.5 Å². The van der Waals surface area contributed by atoms with Crippen LogP contribution in [-0.4, -0.2) is 48.7 Å². The third-order valence-electron chi connectivity index (χ3n) is 6.39. The van der Waals surface area contributed by atoms with Gasteiger partial charge in [-0.3, -0.25) is 0 Å². The Hall–Kier alpha value is -3.15. The van der Waals surface area contributed by atoms with Crippen LogP contribution in [0, 0.1) is 27.7 Å². The molecule has 3 aromatic rings. The summed E-state index contributed by atoms with van der Waals surface area (Å²) in [5.74, 6) is 0.230. The Balaban J connectivity index is 1.66. The summed E-state index contributed by atoms with van der Waals surface area (Å²) >= 11 is 0. The van der Waals surface area contributed by atoms with E-state index in [1.165, 1.54) is 22.4 Å². The molecule has 4 rings (SSSR count). The van der Waals surface area contributed by atoms with Crippen LogP contribution in [0.15, 0.2) is 30.3 Å². The minimum Gasteiger partial charge on any atom is -0.461 e. The van der Waals surface area contributed by atoms with Crippen LogP contribution in [0.3, 0.4) is 0 Å². The van der Waals surface area contributed by atoms with Crippen molar-refractivity contribution in [3.63, 3.8) is 0 Å². The molecule has 0 amide bonds. The van der Waals surface area contributed by atoms with Gasteiger partial charge in [0.05, 0.1) is 17.6 Å². The van der Waals surface area contributed by atoms with E-state index in [1.807, 2.05) is 19.9 Å². The molecule has 1 fully saturated rings. The van der Waals surface area contributed by atoms with Gasteiger partial charge in [-0.2, -0.15) is 0 Å². The summed E-state index contributed by atoms with van der Waals surface area (Å²) in [5.41, 5.74) is 8.06. The predicted octanol–water partition coefficient (Wildman–Crippen LogP) is 4.76. The minimum absolute atomic E-state index is 0.314. The molecule has 6 nitrogen and oxygen atoms in total. The fourth-order valence-electron chi connectivity index (χ4n) is 4.16. The highest BCUT2D eigenvalue weighted by molar-refractivity contribution is 5.95. The second kappa shape index (κ2) is 9.15. The molecular formula is C26H32N4O2. The number of nitrogens with zero attached hydrogens (tertiary/aromatic N) is 4. The summed E-state index contributed by atoms with van der Waals surface area (Å²) in [6.07, 6.45) is 0.773. The quantitative estimate of drug-likeness (QED) is 0.542. The number of hydrogen-bond acceptors (Lipinski definition) is 6. The van der Waals surface area contributed by atoms with Crippen molar-refractivity contribution in [1.82, 2.24) is 9.97 Å². The maximum absolute atomic E-state index is 12.9. The Morgan fingerprint density at radius 3 is 2.19 bits per heavy atom. The zero-order valence-corrected chi connectivity index (χ0v) is 19.7. The molecule has 1 aromatic heterocycles. The second-order valence-corrected chi connectivity index (χ2v) is 8.65. The fraction of sp³-hybridized carbons (Fsp3) is 0.423. The molecule has 0 spiro atoms. The zero-order valence-electron chi connectivity index (χ0n) is 19.7. The standard InChI is InChI=1S/C26H32N4O2/c1-6-14-32-26(31)24-25(28-22-16-19(4)18(3)15-21(22)27-24)30-12-10-29(11-13-30)23-9-7-8-17(2)20(23)5/h7-9,15-16H,6,10-14H2,1-5H3.